The third-order valence-corrected chi connectivity index (χ3v) is 3.70. The Kier molecular flexibility index (Phi) is 5.06. The topological polar surface area (TPSA) is 40.5 Å². The van der Waals surface area contributed by atoms with Crippen molar-refractivity contribution in [1.82, 2.24) is 4.90 Å². The fraction of sp³-hybridized carbons (Fsp3) is 0.533. The van der Waals surface area contributed by atoms with E-state index in [-0.39, 0.29) is 6.42 Å². The zero-order valence-corrected chi connectivity index (χ0v) is 11.3. The number of nitrogens with zero attached hydrogens (tertiary/aromatic N) is 1. The van der Waals surface area contributed by atoms with Crippen LogP contribution < -0.4 is 0 Å². The summed E-state index contributed by atoms with van der Waals surface area (Å²) in [6.07, 6.45) is 2.89. The Bertz CT molecular complexity index is 459. The third kappa shape index (κ3) is 4.56. The van der Waals surface area contributed by atoms with E-state index in [9.17, 15) is 13.6 Å². The summed E-state index contributed by atoms with van der Waals surface area (Å²) in [5.74, 6) is -1.52. The molecule has 0 bridgehead atoms. The highest BCUT2D eigenvalue weighted by atomic mass is 19.1. The van der Waals surface area contributed by atoms with Gasteiger partial charge in [-0.25, -0.2) is 8.78 Å². The van der Waals surface area contributed by atoms with Crippen molar-refractivity contribution in [2.24, 2.45) is 5.92 Å². The lowest BCUT2D eigenvalue weighted by Crippen LogP contribution is -2.35. The van der Waals surface area contributed by atoms with Crippen molar-refractivity contribution < 1.29 is 18.7 Å². The Labute approximate surface area is 117 Å². The molecular formula is C15H19F2NO2. The maximum absolute atomic E-state index is 13.1. The minimum Gasteiger partial charge on any atom is -0.481 e. The largest absolute Gasteiger partial charge is 0.481 e. The Balaban J connectivity index is 1.90. The molecule has 1 fully saturated rings. The van der Waals surface area contributed by atoms with Gasteiger partial charge in [0.2, 0.25) is 0 Å². The second kappa shape index (κ2) is 6.79. The van der Waals surface area contributed by atoms with Gasteiger partial charge in [0.1, 0.15) is 11.6 Å². The third-order valence-electron chi connectivity index (χ3n) is 3.70. The van der Waals surface area contributed by atoms with Crippen molar-refractivity contribution in [3.05, 3.63) is 35.4 Å². The van der Waals surface area contributed by atoms with E-state index in [1.807, 2.05) is 0 Å². The van der Waals surface area contributed by atoms with E-state index in [2.05, 4.69) is 4.90 Å². The molecule has 110 valence electrons. The molecule has 1 aromatic carbocycles. The van der Waals surface area contributed by atoms with Crippen LogP contribution in [0.15, 0.2) is 18.2 Å². The predicted octanol–water partition coefficient (Wildman–Crippen LogP) is 3.04. The van der Waals surface area contributed by atoms with Gasteiger partial charge in [0, 0.05) is 25.6 Å². The summed E-state index contributed by atoms with van der Waals surface area (Å²) >= 11 is 0. The predicted molar refractivity (Wildman–Crippen MR) is 71.2 cm³/mol. The van der Waals surface area contributed by atoms with Crippen molar-refractivity contribution in [2.75, 3.05) is 13.1 Å². The molecule has 1 saturated heterocycles. The number of likely N-dealkylation sites (tertiary alicyclic amines) is 1. The van der Waals surface area contributed by atoms with E-state index in [1.54, 1.807) is 0 Å². The number of rotatable bonds is 5. The first-order valence-corrected chi connectivity index (χ1v) is 6.92. The van der Waals surface area contributed by atoms with E-state index in [0.717, 1.165) is 32.0 Å². The van der Waals surface area contributed by atoms with Crippen LogP contribution >= 0.6 is 0 Å². The maximum atomic E-state index is 13.1. The van der Waals surface area contributed by atoms with Crippen molar-refractivity contribution in [3.8, 4) is 0 Å². The summed E-state index contributed by atoms with van der Waals surface area (Å²) in [4.78, 5) is 12.7. The molecule has 20 heavy (non-hydrogen) atoms. The van der Waals surface area contributed by atoms with Crippen molar-refractivity contribution in [2.45, 2.75) is 32.2 Å². The molecule has 1 N–H and O–H groups in total. The normalized spacial score (nSPS) is 20.0. The molecule has 1 atom stereocenters. The summed E-state index contributed by atoms with van der Waals surface area (Å²) < 4.78 is 26.3. The average Bonchev–Trinajstić information content (AvgIpc) is 2.35. The Morgan fingerprint density at radius 2 is 2.00 bits per heavy atom. The van der Waals surface area contributed by atoms with Gasteiger partial charge in [0.15, 0.2) is 0 Å². The van der Waals surface area contributed by atoms with Gasteiger partial charge in [-0.05, 0) is 49.4 Å². The molecule has 1 aliphatic rings. The van der Waals surface area contributed by atoms with Crippen LogP contribution in [0.1, 0.15) is 31.2 Å². The van der Waals surface area contributed by atoms with Gasteiger partial charge in [-0.3, -0.25) is 9.69 Å². The molecule has 0 spiro atoms. The lowest BCUT2D eigenvalue weighted by molar-refractivity contribution is -0.137. The van der Waals surface area contributed by atoms with Crippen LogP contribution in [0, 0.1) is 17.6 Å². The standard InChI is InChI=1S/C15H19F2NO2/c16-13-6-12(7-14(17)8-13)10-18-5-1-2-11(9-18)3-4-15(19)20/h6-8,11H,1-5,9-10H2,(H,19,20). The number of carboxylic acids is 1. The minimum atomic E-state index is -0.769. The van der Waals surface area contributed by atoms with Crippen LogP contribution in [0.5, 0.6) is 0 Å². The molecule has 3 nitrogen and oxygen atoms in total. The van der Waals surface area contributed by atoms with Crippen LogP contribution in [-0.4, -0.2) is 29.1 Å². The van der Waals surface area contributed by atoms with Crippen molar-refractivity contribution in [3.63, 3.8) is 0 Å². The van der Waals surface area contributed by atoms with Crippen LogP contribution in [0.4, 0.5) is 8.78 Å². The highest BCUT2D eigenvalue weighted by Gasteiger charge is 2.20. The molecule has 1 aromatic rings. The van der Waals surface area contributed by atoms with Crippen LogP contribution in [0.2, 0.25) is 0 Å². The van der Waals surface area contributed by atoms with Crippen LogP contribution in [0.3, 0.4) is 0 Å². The van der Waals surface area contributed by atoms with Gasteiger partial charge < -0.3 is 5.11 Å². The van der Waals surface area contributed by atoms with E-state index >= 15 is 0 Å². The fourth-order valence-electron chi connectivity index (χ4n) is 2.82. The van der Waals surface area contributed by atoms with E-state index in [4.69, 9.17) is 5.11 Å². The highest BCUT2D eigenvalue weighted by molar-refractivity contribution is 5.66. The highest BCUT2D eigenvalue weighted by Crippen LogP contribution is 2.22. The van der Waals surface area contributed by atoms with Crippen LogP contribution in [0.25, 0.3) is 0 Å². The minimum absolute atomic E-state index is 0.188. The summed E-state index contributed by atoms with van der Waals surface area (Å²) in [5.41, 5.74) is 0.626. The molecule has 0 amide bonds. The van der Waals surface area contributed by atoms with Crippen LogP contribution in [-0.2, 0) is 11.3 Å². The van der Waals surface area contributed by atoms with E-state index in [0.29, 0.717) is 24.4 Å². The Morgan fingerprint density at radius 3 is 2.65 bits per heavy atom. The molecule has 0 radical (unpaired) electrons. The molecule has 0 saturated carbocycles. The second-order valence-corrected chi connectivity index (χ2v) is 5.45. The monoisotopic (exact) mass is 283 g/mol. The van der Waals surface area contributed by atoms with Crippen molar-refractivity contribution in [1.29, 1.82) is 0 Å². The number of aliphatic carboxylic acids is 1. The van der Waals surface area contributed by atoms with E-state index < -0.39 is 17.6 Å². The average molecular weight is 283 g/mol. The quantitative estimate of drug-likeness (QED) is 0.903. The number of benzene rings is 1. The van der Waals surface area contributed by atoms with E-state index in [1.165, 1.54) is 12.1 Å². The first kappa shape index (κ1) is 14.9. The van der Waals surface area contributed by atoms with Gasteiger partial charge in [0.05, 0.1) is 0 Å². The number of piperidine rings is 1. The number of hydrogen-bond acceptors (Lipinski definition) is 2. The van der Waals surface area contributed by atoms with Gasteiger partial charge >= 0.3 is 5.97 Å². The first-order chi connectivity index (χ1) is 9.52. The zero-order valence-electron chi connectivity index (χ0n) is 11.3. The molecule has 1 heterocycles. The molecule has 1 unspecified atom stereocenters. The number of carboxylic acid groups (broad SMARTS) is 1. The molecule has 1 aliphatic heterocycles. The Hall–Kier alpha value is -1.49. The molecule has 2 rings (SSSR count). The second-order valence-electron chi connectivity index (χ2n) is 5.45. The van der Waals surface area contributed by atoms with Gasteiger partial charge in [-0.15, -0.1) is 0 Å². The molecule has 0 aromatic heterocycles. The molecular weight excluding hydrogens is 264 g/mol. The van der Waals surface area contributed by atoms with Gasteiger partial charge in [-0.2, -0.15) is 0 Å². The Morgan fingerprint density at radius 1 is 1.30 bits per heavy atom. The first-order valence-electron chi connectivity index (χ1n) is 6.92. The SMILES string of the molecule is O=C(O)CCC1CCCN(Cc2cc(F)cc(F)c2)C1. The number of carbonyl (C=O) groups is 1. The lowest BCUT2D eigenvalue weighted by Gasteiger charge is -2.32. The van der Waals surface area contributed by atoms with Crippen molar-refractivity contribution >= 4 is 5.97 Å². The fourth-order valence-corrected chi connectivity index (χ4v) is 2.82. The maximum Gasteiger partial charge on any atom is 0.303 e. The zero-order chi connectivity index (χ0) is 14.5. The lowest BCUT2D eigenvalue weighted by atomic mass is 9.93. The molecule has 0 aliphatic carbocycles. The summed E-state index contributed by atoms with van der Waals surface area (Å²) in [6.45, 7) is 2.20. The smallest absolute Gasteiger partial charge is 0.303 e. The molecule has 5 heteroatoms. The number of hydrogen-bond donors (Lipinski definition) is 1. The van der Waals surface area contributed by atoms with Gasteiger partial charge in [0.25, 0.3) is 0 Å². The summed E-state index contributed by atoms with van der Waals surface area (Å²) in [6, 6.07) is 3.57. The summed E-state index contributed by atoms with van der Waals surface area (Å²) in [5, 5.41) is 8.71. The summed E-state index contributed by atoms with van der Waals surface area (Å²) in [7, 11) is 0. The number of halogens is 2. The van der Waals surface area contributed by atoms with Gasteiger partial charge in [-0.1, -0.05) is 0 Å².